The smallest absolute Gasteiger partial charge is 0.157 e. The van der Waals surface area contributed by atoms with E-state index in [1.807, 2.05) is 6.92 Å². The van der Waals surface area contributed by atoms with E-state index in [9.17, 15) is 0 Å². The molecule has 0 saturated carbocycles. The lowest BCUT2D eigenvalue weighted by Gasteiger charge is -2.53. The Morgan fingerprint density at radius 2 is 1.84 bits per heavy atom. The van der Waals surface area contributed by atoms with E-state index in [4.69, 9.17) is 0 Å². The van der Waals surface area contributed by atoms with Gasteiger partial charge in [0.05, 0.1) is 17.3 Å². The van der Waals surface area contributed by atoms with Crippen molar-refractivity contribution in [1.29, 1.82) is 0 Å². The van der Waals surface area contributed by atoms with Crippen LogP contribution in [0, 0.1) is 20.8 Å². The molecule has 2 aliphatic heterocycles. The van der Waals surface area contributed by atoms with Crippen LogP contribution in [0.1, 0.15) is 48.2 Å². The van der Waals surface area contributed by atoms with Crippen molar-refractivity contribution in [3.63, 3.8) is 0 Å². The summed E-state index contributed by atoms with van der Waals surface area (Å²) in [6.07, 6.45) is 2.64. The Labute approximate surface area is 185 Å². The third-order valence-corrected chi connectivity index (χ3v) is 7.70. The SMILES string of the molecule is Cc1cccc([C@@H](C)Nc2nnc(C)c3ccc(N4CC5(CCCN5C)C4)cc23)c1C. The molecule has 2 aliphatic rings. The van der Waals surface area contributed by atoms with Gasteiger partial charge in [-0.3, -0.25) is 4.90 Å². The first-order valence-electron chi connectivity index (χ1n) is 11.4. The Morgan fingerprint density at radius 3 is 2.58 bits per heavy atom. The number of anilines is 2. The molecule has 1 aromatic heterocycles. The largest absolute Gasteiger partial charge is 0.368 e. The topological polar surface area (TPSA) is 44.3 Å². The fourth-order valence-electron chi connectivity index (χ4n) is 5.43. The van der Waals surface area contributed by atoms with Gasteiger partial charge in [0.15, 0.2) is 5.82 Å². The van der Waals surface area contributed by atoms with Crippen LogP contribution in [-0.2, 0) is 0 Å². The third kappa shape index (κ3) is 3.35. The number of rotatable bonds is 4. The number of aromatic nitrogens is 2. The van der Waals surface area contributed by atoms with Crippen LogP contribution in [0.3, 0.4) is 0 Å². The summed E-state index contributed by atoms with van der Waals surface area (Å²) < 4.78 is 0. The van der Waals surface area contributed by atoms with E-state index in [0.29, 0.717) is 5.54 Å². The first-order chi connectivity index (χ1) is 14.9. The molecular weight excluding hydrogens is 382 g/mol. The summed E-state index contributed by atoms with van der Waals surface area (Å²) >= 11 is 0. The minimum Gasteiger partial charge on any atom is -0.368 e. The van der Waals surface area contributed by atoms with E-state index in [-0.39, 0.29) is 6.04 Å². The molecule has 0 amide bonds. The second-order valence-corrected chi connectivity index (χ2v) is 9.62. The molecule has 5 rings (SSSR count). The highest BCUT2D eigenvalue weighted by molar-refractivity contribution is 5.95. The molecule has 1 spiro atoms. The first-order valence-corrected chi connectivity index (χ1v) is 11.4. The van der Waals surface area contributed by atoms with Crippen LogP contribution < -0.4 is 10.2 Å². The molecule has 0 aliphatic carbocycles. The van der Waals surface area contributed by atoms with Crippen molar-refractivity contribution in [3.8, 4) is 0 Å². The monoisotopic (exact) mass is 415 g/mol. The van der Waals surface area contributed by atoms with Gasteiger partial charge in [-0.2, -0.15) is 5.10 Å². The van der Waals surface area contributed by atoms with Crippen molar-refractivity contribution in [2.45, 2.75) is 52.1 Å². The highest BCUT2D eigenvalue weighted by Gasteiger charge is 2.48. The van der Waals surface area contributed by atoms with Crippen molar-refractivity contribution in [3.05, 3.63) is 58.8 Å². The molecule has 5 nitrogen and oxygen atoms in total. The molecule has 162 valence electrons. The lowest BCUT2D eigenvalue weighted by atomic mass is 9.86. The zero-order chi connectivity index (χ0) is 21.8. The van der Waals surface area contributed by atoms with Gasteiger partial charge in [0, 0.05) is 29.5 Å². The van der Waals surface area contributed by atoms with Gasteiger partial charge < -0.3 is 10.2 Å². The second kappa shape index (κ2) is 7.49. The van der Waals surface area contributed by atoms with Crippen molar-refractivity contribution >= 4 is 22.3 Å². The highest BCUT2D eigenvalue weighted by Crippen LogP contribution is 2.40. The van der Waals surface area contributed by atoms with Crippen LogP contribution >= 0.6 is 0 Å². The maximum atomic E-state index is 4.56. The van der Waals surface area contributed by atoms with E-state index in [0.717, 1.165) is 30.0 Å². The number of likely N-dealkylation sites (tertiary alicyclic amines) is 1. The molecule has 3 heterocycles. The van der Waals surface area contributed by atoms with E-state index < -0.39 is 0 Å². The fraction of sp³-hybridized carbons (Fsp3) is 0.462. The standard InChI is InChI=1S/C26H33N5/c1-17-8-6-9-22(18(17)2)19(3)27-25-24-14-21(10-11-23(24)20(4)28-29-25)31-15-26(16-31)12-7-13-30(26)5/h6,8-11,14,19H,7,12-13,15-16H2,1-5H3,(H,27,29)/t19-/m1/s1. The Hall–Kier alpha value is -2.66. The predicted octanol–water partition coefficient (Wildman–Crippen LogP) is 5.01. The van der Waals surface area contributed by atoms with Gasteiger partial charge in [0.25, 0.3) is 0 Å². The minimum atomic E-state index is 0.156. The maximum Gasteiger partial charge on any atom is 0.157 e. The molecule has 1 atom stereocenters. The van der Waals surface area contributed by atoms with Gasteiger partial charge in [0.2, 0.25) is 0 Å². The molecule has 0 bridgehead atoms. The van der Waals surface area contributed by atoms with Gasteiger partial charge in [-0.05, 0) is 83.0 Å². The van der Waals surface area contributed by atoms with Crippen molar-refractivity contribution in [1.82, 2.24) is 15.1 Å². The Morgan fingerprint density at radius 1 is 1.03 bits per heavy atom. The van der Waals surface area contributed by atoms with E-state index >= 15 is 0 Å². The maximum absolute atomic E-state index is 4.56. The van der Waals surface area contributed by atoms with Crippen LogP contribution in [0.5, 0.6) is 0 Å². The molecule has 2 fully saturated rings. The van der Waals surface area contributed by atoms with Gasteiger partial charge in [-0.1, -0.05) is 24.3 Å². The van der Waals surface area contributed by atoms with Gasteiger partial charge in [-0.25, -0.2) is 0 Å². The van der Waals surface area contributed by atoms with Gasteiger partial charge in [0.1, 0.15) is 0 Å². The normalized spacial score (nSPS) is 19.1. The summed E-state index contributed by atoms with van der Waals surface area (Å²) in [5.74, 6) is 0.865. The third-order valence-electron chi connectivity index (χ3n) is 7.70. The van der Waals surface area contributed by atoms with Crippen LogP contribution in [0.2, 0.25) is 0 Å². The van der Waals surface area contributed by atoms with Crippen molar-refractivity contribution in [2.24, 2.45) is 0 Å². The fourth-order valence-corrected chi connectivity index (χ4v) is 5.43. The molecule has 5 heteroatoms. The Balaban J connectivity index is 1.45. The van der Waals surface area contributed by atoms with Crippen molar-refractivity contribution in [2.75, 3.05) is 36.9 Å². The van der Waals surface area contributed by atoms with E-state index in [1.165, 1.54) is 47.2 Å². The van der Waals surface area contributed by atoms with Crippen LogP contribution in [0.15, 0.2) is 36.4 Å². The average Bonchev–Trinajstić information content (AvgIpc) is 3.12. The number of fused-ring (bicyclic) bond motifs is 1. The Bertz CT molecular complexity index is 1130. The molecular formula is C26H33N5. The van der Waals surface area contributed by atoms with Gasteiger partial charge in [-0.15, -0.1) is 5.10 Å². The van der Waals surface area contributed by atoms with Crippen molar-refractivity contribution < 1.29 is 0 Å². The predicted molar refractivity (Wildman–Crippen MR) is 129 cm³/mol. The molecule has 1 N–H and O–H groups in total. The molecule has 0 unspecified atom stereocenters. The lowest BCUT2D eigenvalue weighted by Crippen LogP contribution is -2.67. The highest BCUT2D eigenvalue weighted by atomic mass is 15.4. The lowest BCUT2D eigenvalue weighted by molar-refractivity contribution is 0.133. The molecule has 0 radical (unpaired) electrons. The van der Waals surface area contributed by atoms with E-state index in [2.05, 4.69) is 89.5 Å². The average molecular weight is 416 g/mol. The number of nitrogens with zero attached hydrogens (tertiary/aromatic N) is 4. The summed E-state index contributed by atoms with van der Waals surface area (Å²) in [7, 11) is 2.28. The number of likely N-dealkylation sites (N-methyl/N-ethyl adjacent to an activating group) is 1. The zero-order valence-corrected chi connectivity index (χ0v) is 19.4. The second-order valence-electron chi connectivity index (χ2n) is 9.62. The summed E-state index contributed by atoms with van der Waals surface area (Å²) in [5, 5.41) is 15.0. The number of nitrogens with one attached hydrogen (secondary N) is 1. The Kier molecular flexibility index (Phi) is 4.89. The first kappa shape index (κ1) is 20.3. The molecule has 2 saturated heterocycles. The zero-order valence-electron chi connectivity index (χ0n) is 19.4. The summed E-state index contributed by atoms with van der Waals surface area (Å²) in [5.41, 5.74) is 6.60. The molecule has 3 aromatic rings. The molecule has 2 aromatic carbocycles. The quantitative estimate of drug-likeness (QED) is 0.649. The van der Waals surface area contributed by atoms with Crippen LogP contribution in [0.25, 0.3) is 10.8 Å². The number of aryl methyl sites for hydroxylation is 2. The number of hydrogen-bond donors (Lipinski definition) is 1. The summed E-state index contributed by atoms with van der Waals surface area (Å²) in [6.45, 7) is 12.1. The number of hydrogen-bond acceptors (Lipinski definition) is 5. The summed E-state index contributed by atoms with van der Waals surface area (Å²) in [4.78, 5) is 5.06. The number of benzene rings is 2. The minimum absolute atomic E-state index is 0.156. The van der Waals surface area contributed by atoms with Crippen LogP contribution in [0.4, 0.5) is 11.5 Å². The van der Waals surface area contributed by atoms with E-state index in [1.54, 1.807) is 0 Å². The summed E-state index contributed by atoms with van der Waals surface area (Å²) in [6, 6.07) is 13.4. The van der Waals surface area contributed by atoms with Gasteiger partial charge >= 0.3 is 0 Å². The van der Waals surface area contributed by atoms with Crippen LogP contribution in [-0.4, -0.2) is 47.3 Å². The molecule has 31 heavy (non-hydrogen) atoms.